The maximum atomic E-state index is 4.25. The van der Waals surface area contributed by atoms with Gasteiger partial charge in [-0.2, -0.15) is 0 Å². The molecule has 0 heterocycles. The van der Waals surface area contributed by atoms with Crippen LogP contribution in [0.15, 0.2) is 78.1 Å². The van der Waals surface area contributed by atoms with Gasteiger partial charge in [0, 0.05) is 6.04 Å². The van der Waals surface area contributed by atoms with Gasteiger partial charge < -0.3 is 5.32 Å². The Morgan fingerprint density at radius 1 is 0.938 bits per heavy atom. The first-order valence-corrected chi connectivity index (χ1v) is 12.1. The number of hydrogen-bond acceptors (Lipinski definition) is 1. The molecule has 0 aliphatic rings. The summed E-state index contributed by atoms with van der Waals surface area (Å²) in [6.07, 6.45) is 8.27. The van der Waals surface area contributed by atoms with Gasteiger partial charge in [0.05, 0.1) is 0 Å². The van der Waals surface area contributed by atoms with E-state index < -0.39 is 0 Å². The molecule has 0 saturated carbocycles. The van der Waals surface area contributed by atoms with Crippen LogP contribution in [-0.4, -0.2) is 6.04 Å². The highest BCUT2D eigenvalue weighted by atomic mass is 14.9. The van der Waals surface area contributed by atoms with E-state index in [9.17, 15) is 0 Å². The summed E-state index contributed by atoms with van der Waals surface area (Å²) in [6.45, 7) is 37.1. The molecular formula is C31H51N. The second-order valence-corrected chi connectivity index (χ2v) is 6.98. The van der Waals surface area contributed by atoms with Crippen LogP contribution in [0.25, 0.3) is 12.2 Å². The Hall–Kier alpha value is -2.54. The number of benzene rings is 1. The summed E-state index contributed by atoms with van der Waals surface area (Å²) >= 11 is 0. The maximum Gasteiger partial charge on any atom is 0.0440 e. The molecule has 1 atom stereocenters. The average molecular weight is 438 g/mol. The van der Waals surface area contributed by atoms with Gasteiger partial charge in [-0.25, -0.2) is 0 Å². The van der Waals surface area contributed by atoms with Crippen molar-refractivity contribution in [1.82, 2.24) is 5.32 Å². The lowest BCUT2D eigenvalue weighted by Gasteiger charge is -2.14. The van der Waals surface area contributed by atoms with Gasteiger partial charge in [0.15, 0.2) is 0 Å². The molecule has 1 aromatic carbocycles. The molecule has 1 aromatic rings. The third kappa shape index (κ3) is 13.0. The lowest BCUT2D eigenvalue weighted by Crippen LogP contribution is -2.25. The molecule has 0 aliphatic heterocycles. The molecule has 0 spiro atoms. The smallest absolute Gasteiger partial charge is 0.0440 e. The second-order valence-electron chi connectivity index (χ2n) is 6.98. The lowest BCUT2D eigenvalue weighted by atomic mass is 9.97. The summed E-state index contributed by atoms with van der Waals surface area (Å²) in [5, 5.41) is 5.48. The highest BCUT2D eigenvalue weighted by Crippen LogP contribution is 2.18. The fourth-order valence-electron chi connectivity index (χ4n) is 2.57. The number of rotatable bonds is 7. The van der Waals surface area contributed by atoms with Gasteiger partial charge in [0.1, 0.15) is 0 Å². The van der Waals surface area contributed by atoms with Crippen LogP contribution >= 0.6 is 0 Å². The van der Waals surface area contributed by atoms with E-state index in [0.29, 0.717) is 0 Å². The van der Waals surface area contributed by atoms with Gasteiger partial charge in [-0.05, 0) is 74.9 Å². The number of nitrogens with one attached hydrogen (secondary N) is 1. The van der Waals surface area contributed by atoms with Crippen molar-refractivity contribution in [3.63, 3.8) is 0 Å². The summed E-state index contributed by atoms with van der Waals surface area (Å²) in [5.41, 5.74) is 6.73. The van der Waals surface area contributed by atoms with Crippen LogP contribution in [0, 0.1) is 6.92 Å². The molecule has 0 aromatic heterocycles. The summed E-state index contributed by atoms with van der Waals surface area (Å²) in [5.74, 6) is 0. The predicted octanol–water partition coefficient (Wildman–Crippen LogP) is 8.17. The zero-order valence-electron chi connectivity index (χ0n) is 23.2. The second kappa shape index (κ2) is 20.4. The zero-order valence-corrected chi connectivity index (χ0v) is 23.2. The maximum absolute atomic E-state index is 4.25. The van der Waals surface area contributed by atoms with Crippen LogP contribution < -0.4 is 15.8 Å². The van der Waals surface area contributed by atoms with Crippen molar-refractivity contribution in [3.05, 3.63) is 94.1 Å². The third-order valence-corrected chi connectivity index (χ3v) is 4.48. The van der Waals surface area contributed by atoms with E-state index >= 15 is 0 Å². The molecule has 1 N–H and O–H groups in total. The molecule has 0 amide bonds. The van der Waals surface area contributed by atoms with Crippen molar-refractivity contribution in [3.8, 4) is 0 Å². The molecule has 0 saturated heterocycles. The lowest BCUT2D eigenvalue weighted by molar-refractivity contribution is 0.726. The Bertz CT molecular complexity index is 876. The first-order chi connectivity index (χ1) is 15.2. The van der Waals surface area contributed by atoms with Crippen molar-refractivity contribution in [1.29, 1.82) is 0 Å². The minimum Gasteiger partial charge on any atom is -0.385 e. The van der Waals surface area contributed by atoms with Gasteiger partial charge in [0.2, 0.25) is 0 Å². The number of allylic oxidation sites excluding steroid dienone is 6. The van der Waals surface area contributed by atoms with E-state index in [-0.39, 0.29) is 6.04 Å². The quantitative estimate of drug-likeness (QED) is 0.424. The molecule has 0 radical (unpaired) electrons. The Balaban J connectivity index is -0.00000129. The average Bonchev–Trinajstić information content (AvgIpc) is 2.81. The first-order valence-electron chi connectivity index (χ1n) is 12.1. The highest BCUT2D eigenvalue weighted by molar-refractivity contribution is 5.73. The highest BCUT2D eigenvalue weighted by Gasteiger charge is 2.04. The number of aryl methyl sites for hydroxylation is 1. The van der Waals surface area contributed by atoms with Crippen LogP contribution in [0.2, 0.25) is 0 Å². The van der Waals surface area contributed by atoms with E-state index in [2.05, 4.69) is 83.1 Å². The molecule has 1 unspecified atom stereocenters. The van der Waals surface area contributed by atoms with Gasteiger partial charge in [0.25, 0.3) is 0 Å². The fourth-order valence-corrected chi connectivity index (χ4v) is 2.57. The monoisotopic (exact) mass is 437 g/mol. The van der Waals surface area contributed by atoms with Gasteiger partial charge in [-0.15, -0.1) is 0 Å². The molecule has 1 heteroatoms. The van der Waals surface area contributed by atoms with Crippen molar-refractivity contribution in [2.75, 3.05) is 0 Å². The van der Waals surface area contributed by atoms with E-state index in [0.717, 1.165) is 32.7 Å². The molecule has 1 rings (SSSR count). The summed E-state index contributed by atoms with van der Waals surface area (Å²) in [7, 11) is 0. The fraction of sp³-hybridized carbons (Fsp3) is 0.419. The van der Waals surface area contributed by atoms with Crippen molar-refractivity contribution in [2.24, 2.45) is 0 Å². The third-order valence-electron chi connectivity index (χ3n) is 4.48. The Morgan fingerprint density at radius 2 is 1.47 bits per heavy atom. The van der Waals surface area contributed by atoms with Crippen molar-refractivity contribution in [2.45, 2.75) is 89.1 Å². The topological polar surface area (TPSA) is 12.0 Å². The van der Waals surface area contributed by atoms with Crippen LogP contribution in [0.5, 0.6) is 0 Å². The number of hydrogen-bond donors (Lipinski definition) is 1. The molecule has 32 heavy (non-hydrogen) atoms. The van der Waals surface area contributed by atoms with Crippen molar-refractivity contribution < 1.29 is 0 Å². The van der Waals surface area contributed by atoms with Gasteiger partial charge in [-0.1, -0.05) is 114 Å². The SMILES string of the molecule is C=C(/C=C(\C)C(C)N/C=C\C)/C(C)=C/C(C(=C)C)=c1/cc(C)ccc1=C.CC.CC.CC. The van der Waals surface area contributed by atoms with E-state index in [1.165, 1.54) is 11.1 Å². The standard InChI is InChI=1S/C25H33N.3C2H6/c1-10-13-26-23(9)22(8)15-20(6)21(7)16-24(17(2)3)25-14-18(4)11-12-19(25)5;3*1-2/h10-16,23,26H,2,5-6H2,1,3-4,7-9H3;3*1-2H3/b13-10-,21-16+,22-15+,25-24+;;;. The van der Waals surface area contributed by atoms with E-state index in [1.54, 1.807) is 0 Å². The van der Waals surface area contributed by atoms with E-state index in [4.69, 9.17) is 0 Å². The first kappa shape index (κ1) is 34.1. The van der Waals surface area contributed by atoms with E-state index in [1.807, 2.05) is 67.7 Å². The Kier molecular flexibility index (Phi) is 21.7. The normalized spacial score (nSPS) is 12.8. The Morgan fingerprint density at radius 3 is 1.94 bits per heavy atom. The Labute approximate surface area is 200 Å². The minimum atomic E-state index is 0.267. The molecule has 180 valence electrons. The minimum absolute atomic E-state index is 0.267. The molecule has 1 nitrogen and oxygen atoms in total. The van der Waals surface area contributed by atoms with Gasteiger partial charge in [-0.3, -0.25) is 0 Å². The summed E-state index contributed by atoms with van der Waals surface area (Å²) < 4.78 is 0. The van der Waals surface area contributed by atoms with Crippen molar-refractivity contribution >= 4 is 12.2 Å². The van der Waals surface area contributed by atoms with Crippen LogP contribution in [0.3, 0.4) is 0 Å². The summed E-state index contributed by atoms with van der Waals surface area (Å²) in [6, 6.07) is 6.58. The van der Waals surface area contributed by atoms with Crippen LogP contribution in [-0.2, 0) is 0 Å². The molecule has 0 bridgehead atoms. The zero-order chi connectivity index (χ0) is 25.9. The molecule has 0 aliphatic carbocycles. The van der Waals surface area contributed by atoms with Gasteiger partial charge >= 0.3 is 0 Å². The van der Waals surface area contributed by atoms with Crippen LogP contribution in [0.1, 0.15) is 81.7 Å². The predicted molar refractivity (Wildman–Crippen MR) is 152 cm³/mol. The molecule has 0 fully saturated rings. The molecular weight excluding hydrogens is 386 g/mol. The summed E-state index contributed by atoms with van der Waals surface area (Å²) in [4.78, 5) is 0. The largest absolute Gasteiger partial charge is 0.385 e. The van der Waals surface area contributed by atoms with Crippen LogP contribution in [0.4, 0.5) is 0 Å².